The third-order valence-corrected chi connectivity index (χ3v) is 4.01. The van der Waals surface area contributed by atoms with Crippen LogP contribution in [0.25, 0.3) is 0 Å². The predicted octanol–water partition coefficient (Wildman–Crippen LogP) is 3.05. The van der Waals surface area contributed by atoms with Gasteiger partial charge in [-0.25, -0.2) is 0 Å². The van der Waals surface area contributed by atoms with Crippen molar-refractivity contribution in [2.24, 2.45) is 0 Å². The minimum atomic E-state index is -0.166. The molecule has 2 N–H and O–H groups in total. The van der Waals surface area contributed by atoms with E-state index in [1.807, 2.05) is 32.1 Å². The number of rotatable bonds is 4. The van der Waals surface area contributed by atoms with Gasteiger partial charge in [0.25, 0.3) is 0 Å². The molecule has 19 heavy (non-hydrogen) atoms. The molecule has 0 unspecified atom stereocenters. The molecule has 0 saturated heterocycles. The molecule has 0 bridgehead atoms. The molecular formula is C15H26N2OS. The molecule has 0 atom stereocenters. The van der Waals surface area contributed by atoms with Crippen molar-refractivity contribution < 1.29 is 4.79 Å². The van der Waals surface area contributed by atoms with Crippen LogP contribution in [0, 0.1) is 0 Å². The Morgan fingerprint density at radius 2 is 1.79 bits per heavy atom. The standard InChI is InChI=1S/C15H26N2OS/c1-14(2,3)12-8-7-11(19-12)9-16-10-13(18)17-15(4,5)6/h7-8,16H,9-10H2,1-6H3,(H,17,18). The molecule has 0 aliphatic heterocycles. The number of thiophene rings is 1. The summed E-state index contributed by atoms with van der Waals surface area (Å²) in [6, 6.07) is 4.32. The topological polar surface area (TPSA) is 41.1 Å². The largest absolute Gasteiger partial charge is 0.350 e. The van der Waals surface area contributed by atoms with E-state index in [0.29, 0.717) is 6.54 Å². The van der Waals surface area contributed by atoms with E-state index < -0.39 is 0 Å². The Bertz CT molecular complexity index is 424. The summed E-state index contributed by atoms with van der Waals surface area (Å²) < 4.78 is 0. The Balaban J connectivity index is 2.38. The van der Waals surface area contributed by atoms with Crippen LogP contribution in [0.15, 0.2) is 12.1 Å². The zero-order valence-corrected chi connectivity index (χ0v) is 13.7. The molecule has 4 heteroatoms. The summed E-state index contributed by atoms with van der Waals surface area (Å²) in [7, 11) is 0. The van der Waals surface area contributed by atoms with E-state index in [4.69, 9.17) is 0 Å². The van der Waals surface area contributed by atoms with Crippen molar-refractivity contribution >= 4 is 17.2 Å². The molecule has 1 amide bonds. The Kier molecular flexibility index (Phi) is 5.16. The van der Waals surface area contributed by atoms with Crippen molar-refractivity contribution in [2.75, 3.05) is 6.54 Å². The summed E-state index contributed by atoms with van der Waals surface area (Å²) in [5.41, 5.74) is 0.0353. The summed E-state index contributed by atoms with van der Waals surface area (Å²) in [6.07, 6.45) is 0. The number of hydrogen-bond acceptors (Lipinski definition) is 3. The van der Waals surface area contributed by atoms with Crippen LogP contribution >= 0.6 is 11.3 Å². The van der Waals surface area contributed by atoms with Crippen LogP contribution in [0.1, 0.15) is 51.3 Å². The number of hydrogen-bond donors (Lipinski definition) is 2. The lowest BCUT2D eigenvalue weighted by atomic mass is 9.95. The van der Waals surface area contributed by atoms with Crippen molar-refractivity contribution in [1.29, 1.82) is 0 Å². The van der Waals surface area contributed by atoms with Gasteiger partial charge in [-0.3, -0.25) is 4.79 Å². The third kappa shape index (κ3) is 6.21. The fourth-order valence-electron chi connectivity index (χ4n) is 1.64. The molecule has 0 aliphatic carbocycles. The summed E-state index contributed by atoms with van der Waals surface area (Å²) in [5, 5.41) is 6.12. The monoisotopic (exact) mass is 282 g/mol. The van der Waals surface area contributed by atoms with Crippen molar-refractivity contribution in [3.05, 3.63) is 21.9 Å². The summed E-state index contributed by atoms with van der Waals surface area (Å²) >= 11 is 1.81. The van der Waals surface area contributed by atoms with Gasteiger partial charge in [0.2, 0.25) is 5.91 Å². The zero-order valence-electron chi connectivity index (χ0n) is 12.9. The first kappa shape index (κ1) is 16.2. The molecular weight excluding hydrogens is 256 g/mol. The van der Waals surface area contributed by atoms with Crippen molar-refractivity contribution in [1.82, 2.24) is 10.6 Å². The van der Waals surface area contributed by atoms with Gasteiger partial charge >= 0.3 is 0 Å². The first-order valence-electron chi connectivity index (χ1n) is 6.69. The average Bonchev–Trinajstić information content (AvgIpc) is 2.62. The molecule has 0 aliphatic rings. The van der Waals surface area contributed by atoms with E-state index in [1.165, 1.54) is 9.75 Å². The first-order valence-corrected chi connectivity index (χ1v) is 7.50. The fraction of sp³-hybridized carbons (Fsp3) is 0.667. The van der Waals surface area contributed by atoms with Gasteiger partial charge < -0.3 is 10.6 Å². The third-order valence-electron chi connectivity index (χ3n) is 2.50. The van der Waals surface area contributed by atoms with Gasteiger partial charge in [-0.05, 0) is 38.3 Å². The van der Waals surface area contributed by atoms with E-state index in [-0.39, 0.29) is 16.9 Å². The second-order valence-corrected chi connectivity index (χ2v) is 8.09. The predicted molar refractivity (Wildman–Crippen MR) is 82.6 cm³/mol. The molecule has 0 saturated carbocycles. The summed E-state index contributed by atoms with van der Waals surface area (Å²) in [6.45, 7) is 13.7. The Morgan fingerprint density at radius 1 is 1.16 bits per heavy atom. The number of carbonyl (C=O) groups is 1. The zero-order chi connectivity index (χ0) is 14.7. The van der Waals surface area contributed by atoms with Gasteiger partial charge in [-0.2, -0.15) is 0 Å². The number of carbonyl (C=O) groups excluding carboxylic acids is 1. The molecule has 0 fully saturated rings. The van der Waals surface area contributed by atoms with E-state index in [2.05, 4.69) is 43.5 Å². The molecule has 1 aromatic heterocycles. The lowest BCUT2D eigenvalue weighted by Crippen LogP contribution is -2.44. The molecule has 3 nitrogen and oxygen atoms in total. The highest BCUT2D eigenvalue weighted by Gasteiger charge is 2.16. The second kappa shape index (κ2) is 6.06. The van der Waals surface area contributed by atoms with Gasteiger partial charge in [0.1, 0.15) is 0 Å². The number of amides is 1. The van der Waals surface area contributed by atoms with Crippen LogP contribution in [0.2, 0.25) is 0 Å². The minimum absolute atomic E-state index is 0.0418. The Labute approximate surface area is 120 Å². The highest BCUT2D eigenvalue weighted by Crippen LogP contribution is 2.29. The van der Waals surface area contributed by atoms with Crippen LogP contribution in [0.3, 0.4) is 0 Å². The molecule has 1 aromatic rings. The van der Waals surface area contributed by atoms with Gasteiger partial charge in [-0.15, -0.1) is 11.3 Å². The molecule has 1 heterocycles. The lowest BCUT2D eigenvalue weighted by Gasteiger charge is -2.20. The molecule has 0 spiro atoms. The van der Waals surface area contributed by atoms with Crippen LogP contribution in [-0.4, -0.2) is 18.0 Å². The smallest absolute Gasteiger partial charge is 0.234 e. The number of nitrogens with one attached hydrogen (secondary N) is 2. The fourth-order valence-corrected chi connectivity index (χ4v) is 2.67. The highest BCUT2D eigenvalue weighted by molar-refractivity contribution is 7.12. The Hall–Kier alpha value is -0.870. The van der Waals surface area contributed by atoms with Crippen molar-refractivity contribution in [3.8, 4) is 0 Å². The van der Waals surface area contributed by atoms with Gasteiger partial charge in [0.05, 0.1) is 6.54 Å². The average molecular weight is 282 g/mol. The Morgan fingerprint density at radius 3 is 2.26 bits per heavy atom. The van der Waals surface area contributed by atoms with Crippen LogP contribution in [0.5, 0.6) is 0 Å². The summed E-state index contributed by atoms with van der Waals surface area (Å²) in [4.78, 5) is 14.3. The van der Waals surface area contributed by atoms with Gasteiger partial charge in [0.15, 0.2) is 0 Å². The van der Waals surface area contributed by atoms with E-state index in [1.54, 1.807) is 0 Å². The molecule has 108 valence electrons. The molecule has 1 rings (SSSR count). The molecule has 0 aromatic carbocycles. The van der Waals surface area contributed by atoms with Crippen LogP contribution < -0.4 is 10.6 Å². The van der Waals surface area contributed by atoms with E-state index in [9.17, 15) is 4.79 Å². The normalized spacial score (nSPS) is 12.5. The SMILES string of the molecule is CC(C)(C)NC(=O)CNCc1ccc(C(C)(C)C)s1. The second-order valence-electron chi connectivity index (χ2n) is 6.92. The first-order chi connectivity index (χ1) is 8.58. The van der Waals surface area contributed by atoms with E-state index in [0.717, 1.165) is 6.54 Å². The van der Waals surface area contributed by atoms with Crippen molar-refractivity contribution in [2.45, 2.75) is 59.0 Å². The van der Waals surface area contributed by atoms with Crippen LogP contribution in [-0.2, 0) is 16.8 Å². The maximum atomic E-state index is 11.6. The van der Waals surface area contributed by atoms with Gasteiger partial charge in [0, 0.05) is 21.8 Å². The summed E-state index contributed by atoms with van der Waals surface area (Å²) in [5.74, 6) is 0.0418. The van der Waals surface area contributed by atoms with Crippen LogP contribution in [0.4, 0.5) is 0 Å². The minimum Gasteiger partial charge on any atom is -0.350 e. The van der Waals surface area contributed by atoms with E-state index >= 15 is 0 Å². The maximum Gasteiger partial charge on any atom is 0.234 e. The van der Waals surface area contributed by atoms with Gasteiger partial charge in [-0.1, -0.05) is 20.8 Å². The highest BCUT2D eigenvalue weighted by atomic mass is 32.1. The maximum absolute atomic E-state index is 11.6. The molecule has 0 radical (unpaired) electrons. The van der Waals surface area contributed by atoms with Crippen molar-refractivity contribution in [3.63, 3.8) is 0 Å². The lowest BCUT2D eigenvalue weighted by molar-refractivity contribution is -0.121. The quantitative estimate of drug-likeness (QED) is 0.891.